The largest absolute Gasteiger partial charge is 0.756 e. The molecule has 2 aromatic heterocycles. The normalized spacial score (nSPS) is 12.9. The first-order valence-corrected chi connectivity index (χ1v) is 32.5. The Bertz CT molecular complexity index is 2400. The van der Waals surface area contributed by atoms with Gasteiger partial charge in [-0.2, -0.15) is 0 Å². The molecule has 0 fully saturated rings. The molecule has 0 saturated carbocycles. The van der Waals surface area contributed by atoms with E-state index in [4.69, 9.17) is 28.0 Å². The maximum absolute atomic E-state index is 13.4. The summed E-state index contributed by atoms with van der Waals surface area (Å²) in [5.41, 5.74) is 3.28. The summed E-state index contributed by atoms with van der Waals surface area (Å²) < 4.78 is 46.2. The average molecular weight is 1150 g/mol. The number of ether oxygens (including phenoxy) is 4. The number of phosphoric ester groups is 1. The smallest absolute Gasteiger partial charge is 0.338 e. The highest BCUT2D eigenvalue weighted by Crippen LogP contribution is 2.38. The van der Waals surface area contributed by atoms with Gasteiger partial charge in [-0.3, -0.25) is 4.57 Å². The van der Waals surface area contributed by atoms with Crippen LogP contribution in [0.25, 0.3) is 24.3 Å². The molecule has 0 radical (unpaired) electrons. The fourth-order valence-electron chi connectivity index (χ4n) is 8.97. The van der Waals surface area contributed by atoms with Crippen molar-refractivity contribution in [3.8, 4) is 11.8 Å². The monoisotopic (exact) mass is 1150 g/mol. The molecule has 0 saturated heterocycles. The van der Waals surface area contributed by atoms with Crippen LogP contribution >= 0.6 is 7.82 Å². The first kappa shape index (κ1) is 69.2. The standard InChI is InChI=1S/C66H100N5O10P/c1-6-8-10-12-14-16-18-20-22-24-26-28-30-32-47-76-63-52-67-60(50-69-63)44-38-56-34-40-58(41-35-56)65(72)78-54-62(55-80-82(74,75)79-49-46-71(3,4)5)81-66(73)59-42-36-57(37-43-59)39-45-61-51-70-64(53-68-61)77-48-33-31-29-27-25-23-21-19-17-15-13-11-9-7-2/h34-45,50-53,62H,6-33,46-49,54-55H2,1-5H3/b44-38+,45-39+/t62-/m1/s1. The Kier molecular flexibility index (Phi) is 35.8. The molecule has 15 nitrogen and oxygen atoms in total. The number of hydrogen-bond acceptors (Lipinski definition) is 14. The fraction of sp³-hybridized carbons (Fsp3) is 0.606. The predicted octanol–water partition coefficient (Wildman–Crippen LogP) is 15.9. The lowest BCUT2D eigenvalue weighted by molar-refractivity contribution is -0.870. The van der Waals surface area contributed by atoms with Crippen LogP contribution < -0.4 is 14.4 Å². The summed E-state index contributed by atoms with van der Waals surface area (Å²) in [7, 11) is 0.885. The lowest BCUT2D eigenvalue weighted by Gasteiger charge is -2.28. The lowest BCUT2D eigenvalue weighted by atomic mass is 10.0. The summed E-state index contributed by atoms with van der Waals surface area (Å²) in [5.74, 6) is -0.501. The first-order chi connectivity index (χ1) is 39.8. The third kappa shape index (κ3) is 33.7. The highest BCUT2D eigenvalue weighted by atomic mass is 31.2. The SMILES string of the molecule is CCCCCCCCCCCCCCCCOc1cnc(/C=C/c2ccc(C(=O)OC[C@H](COP(=O)([O-])OCC[N+](C)(C)C)OC(=O)c3ccc(/C=C/c4cnc(OCCCCCCCCCCCCCCCC)cn4)cc3)cc2)cn1. The van der Waals surface area contributed by atoms with Gasteiger partial charge in [0.15, 0.2) is 6.10 Å². The number of esters is 2. The summed E-state index contributed by atoms with van der Waals surface area (Å²) >= 11 is 0. The van der Waals surface area contributed by atoms with E-state index in [0.717, 1.165) is 36.8 Å². The Morgan fingerprint density at radius 2 is 0.854 bits per heavy atom. The minimum Gasteiger partial charge on any atom is -0.756 e. The maximum atomic E-state index is 13.4. The van der Waals surface area contributed by atoms with Gasteiger partial charge in [-0.25, -0.2) is 29.5 Å². The van der Waals surface area contributed by atoms with Crippen LogP contribution in [0.3, 0.4) is 0 Å². The Balaban J connectivity index is 1.17. The van der Waals surface area contributed by atoms with E-state index in [9.17, 15) is 19.0 Å². The molecule has 0 amide bonds. The van der Waals surface area contributed by atoms with Crippen molar-refractivity contribution in [1.29, 1.82) is 0 Å². The van der Waals surface area contributed by atoms with Gasteiger partial charge in [-0.1, -0.05) is 217 Å². The number of quaternary nitrogens is 1. The summed E-state index contributed by atoms with van der Waals surface area (Å²) in [6, 6.07) is 13.3. The van der Waals surface area contributed by atoms with Crippen molar-refractivity contribution in [3.05, 3.63) is 107 Å². The van der Waals surface area contributed by atoms with E-state index in [2.05, 4.69) is 33.8 Å². The van der Waals surface area contributed by atoms with Gasteiger partial charge < -0.3 is 37.4 Å². The minimum atomic E-state index is -4.80. The average Bonchev–Trinajstić information content (AvgIpc) is 3.51. The molecule has 82 heavy (non-hydrogen) atoms. The summed E-state index contributed by atoms with van der Waals surface area (Å²) in [5, 5.41) is 0. The van der Waals surface area contributed by atoms with Crippen LogP contribution in [0.2, 0.25) is 0 Å². The maximum Gasteiger partial charge on any atom is 0.338 e. The van der Waals surface area contributed by atoms with Gasteiger partial charge >= 0.3 is 11.9 Å². The van der Waals surface area contributed by atoms with Crippen LogP contribution in [-0.2, 0) is 23.1 Å². The number of carbonyl (C=O) groups excluding carboxylic acids is 2. The molecular formula is C66H100N5O10P. The number of phosphoric acid groups is 1. The molecular weight excluding hydrogens is 1050 g/mol. The lowest BCUT2D eigenvalue weighted by Crippen LogP contribution is -2.37. The molecule has 0 aliphatic carbocycles. The second-order valence-corrected chi connectivity index (χ2v) is 24.0. The first-order valence-electron chi connectivity index (χ1n) is 31.1. The second kappa shape index (κ2) is 42.5. The van der Waals surface area contributed by atoms with Crippen molar-refractivity contribution in [2.75, 3.05) is 60.7 Å². The molecule has 1 unspecified atom stereocenters. The van der Waals surface area contributed by atoms with Gasteiger partial charge in [-0.05, 0) is 60.4 Å². The molecule has 2 heterocycles. The van der Waals surface area contributed by atoms with E-state index in [1.807, 2.05) is 39.4 Å². The Labute approximate surface area is 492 Å². The van der Waals surface area contributed by atoms with Crippen molar-refractivity contribution in [1.82, 2.24) is 19.9 Å². The fourth-order valence-corrected chi connectivity index (χ4v) is 9.70. The third-order valence-electron chi connectivity index (χ3n) is 14.1. The van der Waals surface area contributed by atoms with E-state index in [1.165, 1.54) is 154 Å². The summed E-state index contributed by atoms with van der Waals surface area (Å²) in [6.07, 6.45) is 49.1. The highest BCUT2D eigenvalue weighted by molar-refractivity contribution is 7.45. The second-order valence-electron chi connectivity index (χ2n) is 22.6. The third-order valence-corrected chi connectivity index (χ3v) is 15.0. The zero-order valence-electron chi connectivity index (χ0n) is 50.6. The van der Waals surface area contributed by atoms with Gasteiger partial charge in [0.25, 0.3) is 7.82 Å². The molecule has 0 aliphatic heterocycles. The molecule has 2 aromatic carbocycles. The number of nitrogens with zero attached hydrogens (tertiary/aromatic N) is 5. The van der Waals surface area contributed by atoms with Crippen LogP contribution in [0, 0.1) is 0 Å². The molecule has 0 aliphatic rings. The molecule has 454 valence electrons. The Morgan fingerprint density at radius 1 is 0.476 bits per heavy atom. The molecule has 2 atom stereocenters. The van der Waals surface area contributed by atoms with Crippen LogP contribution in [0.15, 0.2) is 73.3 Å². The van der Waals surface area contributed by atoms with Crippen molar-refractivity contribution in [2.45, 2.75) is 200 Å². The number of aromatic nitrogens is 4. The number of benzene rings is 2. The number of carbonyl (C=O) groups is 2. The van der Waals surface area contributed by atoms with Gasteiger partial charge in [0.2, 0.25) is 11.8 Å². The Morgan fingerprint density at radius 3 is 1.22 bits per heavy atom. The molecule has 0 N–H and O–H groups in total. The topological polar surface area (TPSA) is 181 Å². The van der Waals surface area contributed by atoms with Crippen LogP contribution in [0.4, 0.5) is 0 Å². The van der Waals surface area contributed by atoms with Gasteiger partial charge in [0.05, 0.1) is 88.3 Å². The highest BCUT2D eigenvalue weighted by Gasteiger charge is 2.23. The quantitative estimate of drug-likeness (QED) is 0.0176. The van der Waals surface area contributed by atoms with Gasteiger partial charge in [-0.15, -0.1) is 0 Å². The minimum absolute atomic E-state index is 0.115. The zero-order chi connectivity index (χ0) is 58.8. The van der Waals surface area contributed by atoms with Gasteiger partial charge in [0, 0.05) is 0 Å². The molecule has 4 aromatic rings. The van der Waals surface area contributed by atoms with Crippen molar-refractivity contribution >= 4 is 44.1 Å². The number of rotatable bonds is 48. The summed E-state index contributed by atoms with van der Waals surface area (Å²) in [4.78, 5) is 57.1. The van der Waals surface area contributed by atoms with Crippen molar-refractivity contribution in [2.24, 2.45) is 0 Å². The molecule has 16 heteroatoms. The van der Waals surface area contributed by atoms with Crippen molar-refractivity contribution in [3.63, 3.8) is 0 Å². The molecule has 4 rings (SSSR count). The van der Waals surface area contributed by atoms with E-state index >= 15 is 0 Å². The van der Waals surface area contributed by atoms with Crippen LogP contribution in [-0.4, -0.2) is 103 Å². The van der Waals surface area contributed by atoms with E-state index in [0.29, 0.717) is 47.4 Å². The summed E-state index contributed by atoms with van der Waals surface area (Å²) in [6.45, 7) is 4.90. The number of likely N-dealkylation sites (N-methyl/N-ethyl adjacent to an activating group) is 1. The van der Waals surface area contributed by atoms with E-state index < -0.39 is 39.1 Å². The van der Waals surface area contributed by atoms with E-state index in [1.54, 1.807) is 79.4 Å². The Hall–Kier alpha value is -5.31. The predicted molar refractivity (Wildman–Crippen MR) is 328 cm³/mol. The van der Waals surface area contributed by atoms with E-state index in [-0.39, 0.29) is 17.7 Å². The number of unbranched alkanes of at least 4 members (excludes halogenated alkanes) is 26. The zero-order valence-corrected chi connectivity index (χ0v) is 51.5. The van der Waals surface area contributed by atoms with Crippen LogP contribution in [0.5, 0.6) is 11.8 Å². The van der Waals surface area contributed by atoms with Crippen LogP contribution in [0.1, 0.15) is 237 Å². The van der Waals surface area contributed by atoms with Crippen molar-refractivity contribution < 1.29 is 51.5 Å². The molecule has 0 bridgehead atoms. The number of hydrogen-bond donors (Lipinski definition) is 0. The van der Waals surface area contributed by atoms with Gasteiger partial charge in [0.1, 0.15) is 19.8 Å². The molecule has 0 spiro atoms.